The van der Waals surface area contributed by atoms with E-state index in [1.165, 1.54) is 12.1 Å². The van der Waals surface area contributed by atoms with E-state index < -0.39 is 0 Å². The van der Waals surface area contributed by atoms with Gasteiger partial charge in [0.2, 0.25) is 0 Å². The molecule has 2 rings (SSSR count). The van der Waals surface area contributed by atoms with Crippen molar-refractivity contribution in [3.05, 3.63) is 35.6 Å². The molecular formula is C15H19ClFNO. The number of benzene rings is 1. The third-order valence-corrected chi connectivity index (χ3v) is 4.35. The van der Waals surface area contributed by atoms with Crippen LogP contribution in [0.1, 0.15) is 36.5 Å². The maximum Gasteiger partial charge on any atom is 0.166 e. The van der Waals surface area contributed by atoms with E-state index in [0.717, 1.165) is 32.4 Å². The summed E-state index contributed by atoms with van der Waals surface area (Å²) in [5.74, 6) is -0.135. The second-order valence-electron chi connectivity index (χ2n) is 5.02. The molecule has 0 N–H and O–H groups in total. The molecule has 1 aliphatic rings. The molecule has 0 saturated carbocycles. The van der Waals surface area contributed by atoms with Crippen molar-refractivity contribution in [3.63, 3.8) is 0 Å². The number of hydrogen-bond acceptors (Lipinski definition) is 2. The first-order chi connectivity index (χ1) is 9.11. The average Bonchev–Trinajstić information content (AvgIpc) is 2.46. The number of carbonyl (C=O) groups excluding carboxylic acids is 1. The zero-order chi connectivity index (χ0) is 13.8. The zero-order valence-electron chi connectivity index (χ0n) is 11.1. The number of ketones is 1. The van der Waals surface area contributed by atoms with E-state index in [1.54, 1.807) is 12.1 Å². The SMILES string of the molecule is CCC(Cl)N1CCC(C(=O)c2ccc(F)cc2)CC1. The number of alkyl halides is 1. The van der Waals surface area contributed by atoms with Crippen LogP contribution in [-0.2, 0) is 0 Å². The first kappa shape index (κ1) is 14.5. The Hall–Kier alpha value is -0.930. The second-order valence-corrected chi connectivity index (χ2v) is 5.53. The summed E-state index contributed by atoms with van der Waals surface area (Å²) < 4.78 is 12.8. The van der Waals surface area contributed by atoms with E-state index in [-0.39, 0.29) is 23.0 Å². The highest BCUT2D eigenvalue weighted by Gasteiger charge is 2.27. The molecule has 104 valence electrons. The van der Waals surface area contributed by atoms with Gasteiger partial charge in [-0.25, -0.2) is 4.39 Å². The van der Waals surface area contributed by atoms with Crippen molar-refractivity contribution in [2.75, 3.05) is 13.1 Å². The van der Waals surface area contributed by atoms with Crippen molar-refractivity contribution >= 4 is 17.4 Å². The van der Waals surface area contributed by atoms with Crippen LogP contribution in [0.3, 0.4) is 0 Å². The highest BCUT2D eigenvalue weighted by atomic mass is 35.5. The average molecular weight is 284 g/mol. The number of hydrogen-bond donors (Lipinski definition) is 0. The molecule has 1 aromatic rings. The van der Waals surface area contributed by atoms with E-state index in [1.807, 2.05) is 0 Å². The van der Waals surface area contributed by atoms with Gasteiger partial charge in [-0.15, -0.1) is 11.6 Å². The van der Waals surface area contributed by atoms with Crippen LogP contribution >= 0.6 is 11.6 Å². The normalized spacial score (nSPS) is 19.3. The lowest BCUT2D eigenvalue weighted by molar-refractivity contribution is 0.0828. The molecule has 1 saturated heterocycles. The van der Waals surface area contributed by atoms with E-state index in [2.05, 4.69) is 11.8 Å². The quantitative estimate of drug-likeness (QED) is 0.477. The summed E-state index contributed by atoms with van der Waals surface area (Å²) in [6, 6.07) is 5.82. The minimum absolute atomic E-state index is 0.0439. The summed E-state index contributed by atoms with van der Waals surface area (Å²) in [5.41, 5.74) is 0.680. The maximum absolute atomic E-state index is 12.8. The smallest absolute Gasteiger partial charge is 0.166 e. The van der Waals surface area contributed by atoms with Crippen LogP contribution in [-0.4, -0.2) is 29.3 Å². The van der Waals surface area contributed by atoms with Gasteiger partial charge in [-0.05, 0) is 43.5 Å². The predicted molar refractivity (Wildman–Crippen MR) is 75.0 cm³/mol. The number of halogens is 2. The number of likely N-dealkylation sites (tertiary alicyclic amines) is 1. The first-order valence-corrected chi connectivity index (χ1v) is 7.23. The van der Waals surface area contributed by atoms with Crippen LogP contribution in [0.15, 0.2) is 24.3 Å². The van der Waals surface area contributed by atoms with E-state index in [9.17, 15) is 9.18 Å². The van der Waals surface area contributed by atoms with Gasteiger partial charge >= 0.3 is 0 Å². The summed E-state index contributed by atoms with van der Waals surface area (Å²) in [6.07, 6.45) is 2.58. The van der Waals surface area contributed by atoms with Crippen molar-refractivity contribution in [1.29, 1.82) is 0 Å². The number of nitrogens with zero attached hydrogens (tertiary/aromatic N) is 1. The Kier molecular flexibility index (Phi) is 4.94. The summed E-state index contributed by atoms with van der Waals surface area (Å²) in [7, 11) is 0. The fraction of sp³-hybridized carbons (Fsp3) is 0.533. The Balaban J connectivity index is 1.94. The number of rotatable bonds is 4. The number of Topliss-reactive ketones (excluding diaryl/α,β-unsaturated/α-hetero) is 1. The molecule has 2 nitrogen and oxygen atoms in total. The third kappa shape index (κ3) is 3.54. The Morgan fingerprint density at radius 1 is 1.37 bits per heavy atom. The van der Waals surface area contributed by atoms with Crippen LogP contribution in [0.25, 0.3) is 0 Å². The van der Waals surface area contributed by atoms with Crippen molar-refractivity contribution in [2.45, 2.75) is 31.7 Å². The van der Waals surface area contributed by atoms with Crippen molar-refractivity contribution in [2.24, 2.45) is 5.92 Å². The predicted octanol–water partition coefficient (Wildman–Crippen LogP) is 3.70. The lowest BCUT2D eigenvalue weighted by atomic mass is 9.89. The molecule has 19 heavy (non-hydrogen) atoms. The second kappa shape index (κ2) is 6.49. The largest absolute Gasteiger partial charge is 0.294 e. The van der Waals surface area contributed by atoms with E-state index in [4.69, 9.17) is 11.6 Å². The van der Waals surface area contributed by atoms with Gasteiger partial charge in [0.05, 0.1) is 5.50 Å². The van der Waals surface area contributed by atoms with Crippen LogP contribution in [0.2, 0.25) is 0 Å². The van der Waals surface area contributed by atoms with Crippen molar-refractivity contribution in [3.8, 4) is 0 Å². The molecule has 1 unspecified atom stereocenters. The van der Waals surface area contributed by atoms with E-state index in [0.29, 0.717) is 5.56 Å². The van der Waals surface area contributed by atoms with Crippen LogP contribution in [0.4, 0.5) is 4.39 Å². The minimum atomic E-state index is -0.306. The van der Waals surface area contributed by atoms with Gasteiger partial charge in [-0.1, -0.05) is 6.92 Å². The molecular weight excluding hydrogens is 265 g/mol. The molecule has 0 aliphatic carbocycles. The minimum Gasteiger partial charge on any atom is -0.294 e. The van der Waals surface area contributed by atoms with Crippen LogP contribution in [0, 0.1) is 11.7 Å². The van der Waals surface area contributed by atoms with Gasteiger partial charge < -0.3 is 0 Å². The third-order valence-electron chi connectivity index (χ3n) is 3.76. The standard InChI is InChI=1S/C15H19ClFNO/c1-2-14(16)18-9-7-12(8-10-18)15(19)11-3-5-13(17)6-4-11/h3-6,12,14H,2,7-10H2,1H3. The summed E-state index contributed by atoms with van der Waals surface area (Å²) in [4.78, 5) is 14.5. The van der Waals surface area contributed by atoms with Gasteiger partial charge in [0, 0.05) is 24.6 Å². The molecule has 0 spiro atoms. The Morgan fingerprint density at radius 2 is 1.95 bits per heavy atom. The molecule has 1 aliphatic heterocycles. The van der Waals surface area contributed by atoms with Gasteiger partial charge in [0.25, 0.3) is 0 Å². The molecule has 4 heteroatoms. The van der Waals surface area contributed by atoms with Gasteiger partial charge in [0.1, 0.15) is 5.82 Å². The van der Waals surface area contributed by atoms with Crippen molar-refractivity contribution < 1.29 is 9.18 Å². The molecule has 1 fully saturated rings. The highest BCUT2D eigenvalue weighted by Crippen LogP contribution is 2.24. The highest BCUT2D eigenvalue weighted by molar-refractivity contribution is 6.20. The van der Waals surface area contributed by atoms with Gasteiger partial charge in [-0.2, -0.15) is 0 Å². The Bertz CT molecular complexity index is 426. The lowest BCUT2D eigenvalue weighted by Gasteiger charge is -2.33. The first-order valence-electron chi connectivity index (χ1n) is 6.79. The Morgan fingerprint density at radius 3 is 2.47 bits per heavy atom. The molecule has 0 amide bonds. The number of piperidine rings is 1. The summed E-state index contributed by atoms with van der Waals surface area (Å²) in [6.45, 7) is 3.78. The topological polar surface area (TPSA) is 20.3 Å². The fourth-order valence-corrected chi connectivity index (χ4v) is 2.75. The molecule has 1 aromatic carbocycles. The molecule has 0 aromatic heterocycles. The number of carbonyl (C=O) groups is 1. The maximum atomic E-state index is 12.8. The zero-order valence-corrected chi connectivity index (χ0v) is 11.9. The van der Waals surface area contributed by atoms with Gasteiger partial charge in [-0.3, -0.25) is 9.69 Å². The van der Waals surface area contributed by atoms with Crippen molar-refractivity contribution in [1.82, 2.24) is 4.90 Å². The molecule has 1 heterocycles. The van der Waals surface area contributed by atoms with E-state index >= 15 is 0 Å². The van der Waals surface area contributed by atoms with Gasteiger partial charge in [0.15, 0.2) is 5.78 Å². The summed E-state index contributed by atoms with van der Waals surface area (Å²) in [5, 5.41) is 0. The van der Waals surface area contributed by atoms with Crippen LogP contribution < -0.4 is 0 Å². The summed E-state index contributed by atoms with van der Waals surface area (Å²) >= 11 is 6.21. The monoisotopic (exact) mass is 283 g/mol. The molecule has 1 atom stereocenters. The molecule has 0 bridgehead atoms. The fourth-order valence-electron chi connectivity index (χ4n) is 2.55. The Labute approximate surface area is 118 Å². The molecule has 0 radical (unpaired) electrons. The lowest BCUT2D eigenvalue weighted by Crippen LogP contribution is -2.40. The van der Waals surface area contributed by atoms with Crippen LogP contribution in [0.5, 0.6) is 0 Å².